The molecule has 2 fully saturated rings. The number of carbonyl (C=O) groups is 2. The Balaban J connectivity index is 1.88. The van der Waals surface area contributed by atoms with Gasteiger partial charge in [0.15, 0.2) is 0 Å². The van der Waals surface area contributed by atoms with Gasteiger partial charge in [-0.1, -0.05) is 12.8 Å². The van der Waals surface area contributed by atoms with Crippen molar-refractivity contribution in [3.05, 3.63) is 23.8 Å². The Kier molecular flexibility index (Phi) is 6.01. The molecule has 27 heavy (non-hydrogen) atoms. The number of ether oxygens (including phenoxy) is 3. The summed E-state index contributed by atoms with van der Waals surface area (Å²) in [5, 5.41) is 0. The van der Waals surface area contributed by atoms with Crippen LogP contribution >= 0.6 is 0 Å². The molecule has 0 aliphatic carbocycles. The number of nitrogens with zero attached hydrogens (tertiary/aromatic N) is 1. The van der Waals surface area contributed by atoms with Crippen LogP contribution in [-0.2, 0) is 24.3 Å². The first-order valence-corrected chi connectivity index (χ1v) is 10.4. The van der Waals surface area contributed by atoms with Gasteiger partial charge in [-0.2, -0.15) is 4.31 Å². The molecule has 0 N–H and O–H groups in total. The number of esters is 2. The van der Waals surface area contributed by atoms with Crippen molar-refractivity contribution in [1.29, 1.82) is 0 Å². The maximum absolute atomic E-state index is 13.0. The van der Waals surface area contributed by atoms with Gasteiger partial charge >= 0.3 is 11.9 Å². The summed E-state index contributed by atoms with van der Waals surface area (Å²) in [6.45, 7) is 1.11. The number of cyclic esters (lactones) is 1. The first-order chi connectivity index (χ1) is 12.9. The Morgan fingerprint density at radius 2 is 1.89 bits per heavy atom. The highest BCUT2D eigenvalue weighted by Crippen LogP contribution is 2.27. The van der Waals surface area contributed by atoms with Crippen molar-refractivity contribution in [3.63, 3.8) is 0 Å². The summed E-state index contributed by atoms with van der Waals surface area (Å²) in [5.74, 6) is -1.24. The van der Waals surface area contributed by atoms with E-state index in [9.17, 15) is 18.0 Å². The topological polar surface area (TPSA) is 99.2 Å². The van der Waals surface area contributed by atoms with Crippen LogP contribution in [0.15, 0.2) is 23.1 Å². The molecule has 9 heteroatoms. The van der Waals surface area contributed by atoms with E-state index in [1.165, 1.54) is 29.6 Å². The lowest BCUT2D eigenvalue weighted by molar-refractivity contribution is -0.145. The minimum absolute atomic E-state index is 0.00569. The SMILES string of the molecule is COc1ccc(S(=O)(=O)N2CCCCCC2)cc1C(=O)O[C@@H]1CCOC1=O. The highest BCUT2D eigenvalue weighted by atomic mass is 32.2. The van der Waals surface area contributed by atoms with Gasteiger partial charge in [-0.15, -0.1) is 0 Å². The average Bonchev–Trinajstić information content (AvgIpc) is 2.90. The van der Waals surface area contributed by atoms with Crippen molar-refractivity contribution in [2.24, 2.45) is 0 Å². The summed E-state index contributed by atoms with van der Waals surface area (Å²) >= 11 is 0. The maximum Gasteiger partial charge on any atom is 0.347 e. The molecule has 1 aromatic carbocycles. The lowest BCUT2D eigenvalue weighted by Gasteiger charge is -2.20. The summed E-state index contributed by atoms with van der Waals surface area (Å²) in [6, 6.07) is 4.09. The van der Waals surface area contributed by atoms with Crippen LogP contribution in [0.5, 0.6) is 5.75 Å². The second-order valence-corrected chi connectivity index (χ2v) is 8.47. The lowest BCUT2D eigenvalue weighted by Crippen LogP contribution is -2.32. The first-order valence-electron chi connectivity index (χ1n) is 8.99. The van der Waals surface area contributed by atoms with E-state index in [-0.39, 0.29) is 29.2 Å². The number of benzene rings is 1. The third-order valence-corrected chi connectivity index (χ3v) is 6.62. The van der Waals surface area contributed by atoms with Crippen LogP contribution in [0.1, 0.15) is 42.5 Å². The zero-order valence-electron chi connectivity index (χ0n) is 15.2. The van der Waals surface area contributed by atoms with Crippen LogP contribution in [0.25, 0.3) is 0 Å². The molecule has 3 rings (SSSR count). The van der Waals surface area contributed by atoms with Crippen LogP contribution < -0.4 is 4.74 Å². The Bertz CT molecular complexity index is 813. The van der Waals surface area contributed by atoms with E-state index in [2.05, 4.69) is 0 Å². The normalized spacial score (nSPS) is 21.4. The molecule has 2 aliphatic rings. The molecule has 8 nitrogen and oxygen atoms in total. The van der Waals surface area contributed by atoms with Crippen molar-refractivity contribution < 1.29 is 32.2 Å². The Morgan fingerprint density at radius 1 is 1.19 bits per heavy atom. The smallest absolute Gasteiger partial charge is 0.347 e. The second-order valence-electron chi connectivity index (χ2n) is 6.53. The van der Waals surface area contributed by atoms with Gasteiger partial charge in [-0.25, -0.2) is 18.0 Å². The molecule has 0 saturated carbocycles. The zero-order valence-corrected chi connectivity index (χ0v) is 16.0. The lowest BCUT2D eigenvalue weighted by atomic mass is 10.2. The fourth-order valence-electron chi connectivity index (χ4n) is 3.22. The van der Waals surface area contributed by atoms with Crippen LogP contribution in [-0.4, -0.2) is 57.6 Å². The standard InChI is InChI=1S/C18H23NO7S/c1-24-15-7-6-13(27(22,23)19-9-4-2-3-5-10-19)12-14(15)17(20)26-16-8-11-25-18(16)21/h6-7,12,16H,2-5,8-11H2,1H3/t16-/m1/s1. The fraction of sp³-hybridized carbons (Fsp3) is 0.556. The summed E-state index contributed by atoms with van der Waals surface area (Å²) in [4.78, 5) is 24.1. The number of carbonyl (C=O) groups excluding carboxylic acids is 2. The number of hydrogen-bond donors (Lipinski definition) is 0. The first kappa shape index (κ1) is 19.6. The molecule has 2 saturated heterocycles. The van der Waals surface area contributed by atoms with Gasteiger partial charge in [-0.3, -0.25) is 0 Å². The van der Waals surface area contributed by atoms with E-state index >= 15 is 0 Å². The molecule has 1 atom stereocenters. The van der Waals surface area contributed by atoms with Crippen molar-refractivity contribution in [3.8, 4) is 5.75 Å². The van der Waals surface area contributed by atoms with Crippen molar-refractivity contribution in [2.75, 3.05) is 26.8 Å². The molecule has 1 aromatic rings. The number of methoxy groups -OCH3 is 1. The summed E-state index contributed by atoms with van der Waals surface area (Å²) in [5.41, 5.74) is -0.0342. The van der Waals surface area contributed by atoms with Crippen molar-refractivity contribution >= 4 is 22.0 Å². The van der Waals surface area contributed by atoms with Crippen LogP contribution in [0.3, 0.4) is 0 Å². The Hall–Kier alpha value is -2.13. The molecule has 0 radical (unpaired) electrons. The average molecular weight is 397 g/mol. The molecular formula is C18H23NO7S. The monoisotopic (exact) mass is 397 g/mol. The van der Waals surface area contributed by atoms with Crippen molar-refractivity contribution in [2.45, 2.75) is 43.1 Å². The van der Waals surface area contributed by atoms with Gasteiger partial charge in [0, 0.05) is 19.5 Å². The molecule has 2 heterocycles. The molecule has 148 valence electrons. The van der Waals surface area contributed by atoms with Crippen LogP contribution in [0, 0.1) is 0 Å². The number of sulfonamides is 1. The molecule has 0 spiro atoms. The molecule has 0 bridgehead atoms. The largest absolute Gasteiger partial charge is 0.496 e. The van der Waals surface area contributed by atoms with E-state index in [1.54, 1.807) is 0 Å². The van der Waals surface area contributed by atoms with Gasteiger partial charge in [-0.05, 0) is 31.0 Å². The second kappa shape index (κ2) is 8.26. The zero-order chi connectivity index (χ0) is 19.4. The van der Waals surface area contributed by atoms with Gasteiger partial charge < -0.3 is 14.2 Å². The molecule has 0 aromatic heterocycles. The molecule has 2 aliphatic heterocycles. The third kappa shape index (κ3) is 4.24. The predicted molar refractivity (Wildman–Crippen MR) is 95.0 cm³/mol. The van der Waals surface area contributed by atoms with Gasteiger partial charge in [0.25, 0.3) is 0 Å². The van der Waals surface area contributed by atoms with E-state index < -0.39 is 28.1 Å². The van der Waals surface area contributed by atoms with E-state index in [0.29, 0.717) is 13.1 Å². The van der Waals surface area contributed by atoms with Crippen molar-refractivity contribution in [1.82, 2.24) is 4.31 Å². The van der Waals surface area contributed by atoms with Gasteiger partial charge in [0.2, 0.25) is 16.1 Å². The molecule has 0 unspecified atom stereocenters. The minimum atomic E-state index is -3.73. The van der Waals surface area contributed by atoms with Crippen LogP contribution in [0.2, 0.25) is 0 Å². The highest BCUT2D eigenvalue weighted by molar-refractivity contribution is 7.89. The number of rotatable bonds is 5. The quantitative estimate of drug-likeness (QED) is 0.698. The summed E-state index contributed by atoms with van der Waals surface area (Å²) < 4.78 is 42.5. The summed E-state index contributed by atoms with van der Waals surface area (Å²) in [7, 11) is -2.35. The Morgan fingerprint density at radius 3 is 2.48 bits per heavy atom. The highest BCUT2D eigenvalue weighted by Gasteiger charge is 2.32. The van der Waals surface area contributed by atoms with Crippen LogP contribution in [0.4, 0.5) is 0 Å². The predicted octanol–water partition coefficient (Wildman–Crippen LogP) is 1.73. The number of hydrogen-bond acceptors (Lipinski definition) is 7. The summed E-state index contributed by atoms with van der Waals surface area (Å²) in [6.07, 6.45) is 2.93. The maximum atomic E-state index is 13.0. The Labute approximate surface area is 158 Å². The fourth-order valence-corrected chi connectivity index (χ4v) is 4.76. The third-order valence-electron chi connectivity index (χ3n) is 4.73. The molecular weight excluding hydrogens is 374 g/mol. The van der Waals surface area contributed by atoms with E-state index in [1.807, 2.05) is 0 Å². The minimum Gasteiger partial charge on any atom is -0.496 e. The van der Waals surface area contributed by atoms with Gasteiger partial charge in [0.05, 0.1) is 18.6 Å². The van der Waals surface area contributed by atoms with E-state index in [0.717, 1.165) is 25.7 Å². The molecule has 0 amide bonds. The van der Waals surface area contributed by atoms with E-state index in [4.69, 9.17) is 14.2 Å². The van der Waals surface area contributed by atoms with Gasteiger partial charge in [0.1, 0.15) is 11.3 Å².